The summed E-state index contributed by atoms with van der Waals surface area (Å²) in [6.07, 6.45) is 2.21. The third-order valence-corrected chi connectivity index (χ3v) is 3.41. The minimum absolute atomic E-state index is 0.0508. The minimum atomic E-state index is -1.09. The van der Waals surface area contributed by atoms with Gasteiger partial charge in [0.25, 0.3) is 0 Å². The second kappa shape index (κ2) is 7.64. The van der Waals surface area contributed by atoms with E-state index in [4.69, 9.17) is 5.11 Å². The van der Waals surface area contributed by atoms with Crippen LogP contribution in [0.4, 0.5) is 10.5 Å². The number of carbonyl (C=O) groups is 2. The molecule has 1 atom stereocenters. The van der Waals surface area contributed by atoms with E-state index in [9.17, 15) is 13.8 Å². The number of nitrogens with one attached hydrogen (secondary N) is 2. The Morgan fingerprint density at radius 2 is 2.05 bits per heavy atom. The van der Waals surface area contributed by atoms with Gasteiger partial charge in [0, 0.05) is 29.4 Å². The van der Waals surface area contributed by atoms with Crippen molar-refractivity contribution in [2.75, 3.05) is 23.9 Å². The predicted molar refractivity (Wildman–Crippen MR) is 78.7 cm³/mol. The molecule has 0 fully saturated rings. The van der Waals surface area contributed by atoms with Gasteiger partial charge in [-0.1, -0.05) is 11.6 Å². The van der Waals surface area contributed by atoms with Crippen LogP contribution in [0.2, 0.25) is 0 Å². The molecule has 1 unspecified atom stereocenters. The largest absolute Gasteiger partial charge is 0.478 e. The molecule has 0 aromatic heterocycles. The van der Waals surface area contributed by atoms with Crippen molar-refractivity contribution in [3.05, 3.63) is 29.3 Å². The van der Waals surface area contributed by atoms with Crippen molar-refractivity contribution >= 4 is 28.5 Å². The third kappa shape index (κ3) is 5.40. The van der Waals surface area contributed by atoms with Gasteiger partial charge in [-0.15, -0.1) is 0 Å². The van der Waals surface area contributed by atoms with Crippen LogP contribution < -0.4 is 10.6 Å². The number of anilines is 1. The van der Waals surface area contributed by atoms with Crippen LogP contribution in [-0.4, -0.2) is 39.9 Å². The van der Waals surface area contributed by atoms with Crippen LogP contribution in [0, 0.1) is 6.92 Å². The monoisotopic (exact) mass is 298 g/mol. The molecule has 1 aromatic rings. The van der Waals surface area contributed by atoms with Crippen LogP contribution in [0.5, 0.6) is 0 Å². The van der Waals surface area contributed by atoms with E-state index in [0.29, 0.717) is 18.7 Å². The molecular weight excluding hydrogens is 280 g/mol. The molecule has 20 heavy (non-hydrogen) atoms. The number of aryl methyl sites for hydroxylation is 1. The fourth-order valence-corrected chi connectivity index (χ4v) is 2.14. The standard InChI is InChI=1S/C13H18N2O4S/c1-9-4-5-11(10(8-9)12(16)17)15-13(18)14-6-3-7-20(2)19/h4-5,8H,3,6-7H2,1-2H3,(H,16,17)(H2,14,15,18). The fourth-order valence-electron chi connectivity index (χ4n) is 1.59. The van der Waals surface area contributed by atoms with Crippen LogP contribution in [0.15, 0.2) is 18.2 Å². The zero-order chi connectivity index (χ0) is 15.1. The van der Waals surface area contributed by atoms with Crippen molar-refractivity contribution in [1.82, 2.24) is 5.32 Å². The maximum atomic E-state index is 11.6. The highest BCUT2D eigenvalue weighted by Gasteiger charge is 2.12. The van der Waals surface area contributed by atoms with E-state index in [1.54, 1.807) is 25.3 Å². The molecule has 1 rings (SSSR count). The molecule has 1 aromatic carbocycles. The molecule has 3 N–H and O–H groups in total. The average molecular weight is 298 g/mol. The fraction of sp³-hybridized carbons (Fsp3) is 0.385. The van der Waals surface area contributed by atoms with Crippen molar-refractivity contribution < 1.29 is 18.9 Å². The SMILES string of the molecule is Cc1ccc(NC(=O)NCCCS(C)=O)c(C(=O)O)c1. The summed E-state index contributed by atoms with van der Waals surface area (Å²) >= 11 is 0. The topological polar surface area (TPSA) is 95.5 Å². The van der Waals surface area contributed by atoms with Gasteiger partial charge in [-0.3, -0.25) is 4.21 Å². The first-order chi connectivity index (χ1) is 9.40. The van der Waals surface area contributed by atoms with Crippen molar-refractivity contribution in [2.45, 2.75) is 13.3 Å². The molecule has 0 saturated heterocycles. The molecule has 0 spiro atoms. The summed E-state index contributed by atoms with van der Waals surface area (Å²) in [5.74, 6) is -0.573. The summed E-state index contributed by atoms with van der Waals surface area (Å²) < 4.78 is 10.8. The lowest BCUT2D eigenvalue weighted by Gasteiger charge is -2.10. The van der Waals surface area contributed by atoms with Gasteiger partial charge in [0.1, 0.15) is 0 Å². The summed E-state index contributed by atoms with van der Waals surface area (Å²) in [6, 6.07) is 4.30. The molecule has 7 heteroatoms. The molecule has 2 amide bonds. The maximum Gasteiger partial charge on any atom is 0.337 e. The minimum Gasteiger partial charge on any atom is -0.478 e. The van der Waals surface area contributed by atoms with E-state index in [-0.39, 0.29) is 11.3 Å². The van der Waals surface area contributed by atoms with Crippen LogP contribution in [0.25, 0.3) is 0 Å². The predicted octanol–water partition coefficient (Wildman–Crippen LogP) is 1.58. The highest BCUT2D eigenvalue weighted by atomic mass is 32.2. The van der Waals surface area contributed by atoms with E-state index in [1.807, 2.05) is 0 Å². The number of urea groups is 1. The summed E-state index contributed by atoms with van der Waals surface area (Å²) in [5.41, 5.74) is 1.10. The Labute approximate surface area is 120 Å². The summed E-state index contributed by atoms with van der Waals surface area (Å²) in [5, 5.41) is 14.2. The number of hydrogen-bond donors (Lipinski definition) is 3. The zero-order valence-corrected chi connectivity index (χ0v) is 12.3. The maximum absolute atomic E-state index is 11.6. The highest BCUT2D eigenvalue weighted by molar-refractivity contribution is 7.84. The zero-order valence-electron chi connectivity index (χ0n) is 11.4. The van der Waals surface area contributed by atoms with Gasteiger partial charge in [0.05, 0.1) is 11.3 Å². The normalized spacial score (nSPS) is 11.7. The quantitative estimate of drug-likeness (QED) is 0.695. The van der Waals surface area contributed by atoms with Gasteiger partial charge in [0.15, 0.2) is 0 Å². The first kappa shape index (κ1) is 16.2. The van der Waals surface area contributed by atoms with E-state index in [1.165, 1.54) is 6.07 Å². The lowest BCUT2D eigenvalue weighted by molar-refractivity contribution is 0.0698. The first-order valence-corrected chi connectivity index (χ1v) is 7.81. The van der Waals surface area contributed by atoms with Gasteiger partial charge in [-0.05, 0) is 25.5 Å². The number of amides is 2. The molecular formula is C13H18N2O4S. The van der Waals surface area contributed by atoms with Gasteiger partial charge < -0.3 is 15.7 Å². The number of rotatable bonds is 6. The lowest BCUT2D eigenvalue weighted by atomic mass is 10.1. The van der Waals surface area contributed by atoms with Gasteiger partial charge in [-0.25, -0.2) is 9.59 Å². The van der Waals surface area contributed by atoms with Crippen LogP contribution in [0.3, 0.4) is 0 Å². The Hall–Kier alpha value is -1.89. The second-order valence-corrected chi connectivity index (χ2v) is 5.92. The van der Waals surface area contributed by atoms with Gasteiger partial charge in [0.2, 0.25) is 0 Å². The Morgan fingerprint density at radius 3 is 2.65 bits per heavy atom. The molecule has 6 nitrogen and oxygen atoms in total. The van der Waals surface area contributed by atoms with Crippen molar-refractivity contribution in [3.8, 4) is 0 Å². The third-order valence-electron chi connectivity index (χ3n) is 2.55. The second-order valence-electron chi connectivity index (χ2n) is 4.37. The Balaban J connectivity index is 2.57. The van der Waals surface area contributed by atoms with Crippen molar-refractivity contribution in [2.24, 2.45) is 0 Å². The Morgan fingerprint density at radius 1 is 1.35 bits per heavy atom. The summed E-state index contributed by atoms with van der Waals surface area (Å²) in [4.78, 5) is 22.7. The number of carbonyl (C=O) groups excluding carboxylic acids is 1. The van der Waals surface area contributed by atoms with E-state index < -0.39 is 22.8 Å². The molecule has 0 aliphatic rings. The Kier molecular flexibility index (Phi) is 6.17. The number of carboxylic acids is 1. The molecule has 0 radical (unpaired) electrons. The molecule has 0 aliphatic carbocycles. The summed E-state index contributed by atoms with van der Waals surface area (Å²) in [6.45, 7) is 2.17. The average Bonchev–Trinajstić information content (AvgIpc) is 2.36. The van der Waals surface area contributed by atoms with Crippen molar-refractivity contribution in [1.29, 1.82) is 0 Å². The number of aromatic carboxylic acids is 1. The van der Waals surface area contributed by atoms with Crippen molar-refractivity contribution in [3.63, 3.8) is 0 Å². The van der Waals surface area contributed by atoms with Gasteiger partial charge >= 0.3 is 12.0 Å². The lowest BCUT2D eigenvalue weighted by Crippen LogP contribution is -2.30. The molecule has 0 aliphatic heterocycles. The molecule has 0 heterocycles. The molecule has 0 bridgehead atoms. The van der Waals surface area contributed by atoms with Gasteiger partial charge in [-0.2, -0.15) is 0 Å². The Bertz CT molecular complexity index is 531. The smallest absolute Gasteiger partial charge is 0.337 e. The highest BCUT2D eigenvalue weighted by Crippen LogP contribution is 2.17. The molecule has 0 saturated carbocycles. The van der Waals surface area contributed by atoms with Crippen LogP contribution in [0.1, 0.15) is 22.3 Å². The van der Waals surface area contributed by atoms with Crippen LogP contribution >= 0.6 is 0 Å². The number of carboxylic acid groups (broad SMARTS) is 1. The summed E-state index contributed by atoms with van der Waals surface area (Å²) in [7, 11) is -0.880. The van der Waals surface area contributed by atoms with E-state index >= 15 is 0 Å². The van der Waals surface area contributed by atoms with Crippen LogP contribution in [-0.2, 0) is 10.8 Å². The molecule has 110 valence electrons. The number of benzene rings is 1. The van der Waals surface area contributed by atoms with E-state index in [2.05, 4.69) is 10.6 Å². The van der Waals surface area contributed by atoms with E-state index in [0.717, 1.165) is 5.56 Å². The first-order valence-electron chi connectivity index (χ1n) is 6.09. The number of hydrogen-bond acceptors (Lipinski definition) is 3.